The van der Waals surface area contributed by atoms with E-state index in [1.807, 2.05) is 13.8 Å². The molecule has 1 aliphatic heterocycles. The lowest BCUT2D eigenvalue weighted by molar-refractivity contribution is 0.0207. The number of carbonyl (C=O) groups excluding carboxylic acids is 1. The molecule has 0 N–H and O–H groups in total. The second kappa shape index (κ2) is 8.15. The second-order valence-electron chi connectivity index (χ2n) is 5.78. The van der Waals surface area contributed by atoms with Crippen LogP contribution in [0.3, 0.4) is 0 Å². The number of benzene rings is 1. The molecule has 0 unspecified atom stereocenters. The highest BCUT2D eigenvalue weighted by molar-refractivity contribution is 5.89. The summed E-state index contributed by atoms with van der Waals surface area (Å²) in [6.45, 7) is 9.48. The summed E-state index contributed by atoms with van der Waals surface area (Å²) < 4.78 is 10.9. The lowest BCUT2D eigenvalue weighted by Crippen LogP contribution is -2.47. The molecule has 1 aliphatic rings. The van der Waals surface area contributed by atoms with Crippen molar-refractivity contribution < 1.29 is 14.3 Å². The van der Waals surface area contributed by atoms with Gasteiger partial charge in [0.25, 0.3) is 0 Å². The maximum atomic E-state index is 12.1. The van der Waals surface area contributed by atoms with Crippen molar-refractivity contribution in [1.29, 1.82) is 0 Å². The molecule has 5 nitrogen and oxygen atoms in total. The Labute approximate surface area is 132 Å². The van der Waals surface area contributed by atoms with Crippen molar-refractivity contribution in [3.63, 3.8) is 0 Å². The molecule has 1 atom stereocenters. The summed E-state index contributed by atoms with van der Waals surface area (Å²) in [7, 11) is 2.13. The highest BCUT2D eigenvalue weighted by Gasteiger charge is 2.18. The summed E-state index contributed by atoms with van der Waals surface area (Å²) in [4.78, 5) is 16.8. The summed E-state index contributed by atoms with van der Waals surface area (Å²) in [5.41, 5.74) is 0.564. The number of hydrogen-bond donors (Lipinski definition) is 0. The van der Waals surface area contributed by atoms with Crippen LogP contribution in [0.15, 0.2) is 24.3 Å². The molecule has 2 rings (SSSR count). The zero-order valence-corrected chi connectivity index (χ0v) is 13.7. The molecule has 1 fully saturated rings. The van der Waals surface area contributed by atoms with Gasteiger partial charge in [0.15, 0.2) is 0 Å². The number of hydrogen-bond acceptors (Lipinski definition) is 5. The Hall–Kier alpha value is -1.59. The average Bonchev–Trinajstić information content (AvgIpc) is 2.50. The minimum atomic E-state index is -0.273. The SMILES string of the molecule is CCOc1ccc(C(=O)O[C@@H](C)CN2CCN(C)CC2)cc1. The highest BCUT2D eigenvalue weighted by Crippen LogP contribution is 2.14. The number of ether oxygens (including phenoxy) is 2. The Morgan fingerprint density at radius 1 is 1.18 bits per heavy atom. The first-order chi connectivity index (χ1) is 10.6. The predicted octanol–water partition coefficient (Wildman–Crippen LogP) is 1.88. The van der Waals surface area contributed by atoms with Gasteiger partial charge in [-0.15, -0.1) is 0 Å². The van der Waals surface area contributed by atoms with Gasteiger partial charge in [0.1, 0.15) is 11.9 Å². The van der Waals surface area contributed by atoms with Crippen LogP contribution in [0.25, 0.3) is 0 Å². The minimum absolute atomic E-state index is 0.109. The van der Waals surface area contributed by atoms with E-state index in [0.717, 1.165) is 38.5 Å². The molecule has 22 heavy (non-hydrogen) atoms. The molecular weight excluding hydrogens is 280 g/mol. The summed E-state index contributed by atoms with van der Waals surface area (Å²) in [6, 6.07) is 7.09. The van der Waals surface area contributed by atoms with Crippen molar-refractivity contribution >= 4 is 5.97 Å². The molecule has 1 aromatic rings. The van der Waals surface area contributed by atoms with Gasteiger partial charge in [-0.1, -0.05) is 0 Å². The van der Waals surface area contributed by atoms with Gasteiger partial charge in [-0.2, -0.15) is 0 Å². The van der Waals surface area contributed by atoms with Gasteiger partial charge in [-0.3, -0.25) is 4.90 Å². The van der Waals surface area contributed by atoms with Gasteiger partial charge in [0.05, 0.1) is 12.2 Å². The quantitative estimate of drug-likeness (QED) is 0.751. The van der Waals surface area contributed by atoms with Gasteiger partial charge in [-0.25, -0.2) is 4.79 Å². The van der Waals surface area contributed by atoms with Gasteiger partial charge < -0.3 is 14.4 Å². The van der Waals surface area contributed by atoms with Crippen LogP contribution in [0.2, 0.25) is 0 Å². The van der Waals surface area contributed by atoms with E-state index < -0.39 is 0 Å². The lowest BCUT2D eigenvalue weighted by atomic mass is 10.2. The first kappa shape index (κ1) is 16.8. The van der Waals surface area contributed by atoms with E-state index >= 15 is 0 Å². The number of carbonyl (C=O) groups is 1. The molecule has 0 bridgehead atoms. The van der Waals surface area contributed by atoms with Crippen molar-refractivity contribution in [3.05, 3.63) is 29.8 Å². The molecule has 0 aromatic heterocycles. The van der Waals surface area contributed by atoms with E-state index in [2.05, 4.69) is 16.8 Å². The van der Waals surface area contributed by atoms with Crippen LogP contribution in [0.5, 0.6) is 5.75 Å². The minimum Gasteiger partial charge on any atom is -0.494 e. The van der Waals surface area contributed by atoms with E-state index in [4.69, 9.17) is 9.47 Å². The number of likely N-dealkylation sites (N-methyl/N-ethyl adjacent to an activating group) is 1. The maximum absolute atomic E-state index is 12.1. The number of piperazine rings is 1. The van der Waals surface area contributed by atoms with Crippen molar-refractivity contribution in [2.75, 3.05) is 46.4 Å². The molecule has 0 amide bonds. The first-order valence-corrected chi connectivity index (χ1v) is 7.93. The van der Waals surface area contributed by atoms with Gasteiger partial charge in [0.2, 0.25) is 0 Å². The Morgan fingerprint density at radius 3 is 2.41 bits per heavy atom. The number of rotatable bonds is 6. The molecule has 0 radical (unpaired) electrons. The molecule has 122 valence electrons. The topological polar surface area (TPSA) is 42.0 Å². The van der Waals surface area contributed by atoms with Crippen LogP contribution in [0.1, 0.15) is 24.2 Å². The largest absolute Gasteiger partial charge is 0.494 e. The fourth-order valence-corrected chi connectivity index (χ4v) is 2.54. The monoisotopic (exact) mass is 306 g/mol. The molecule has 0 aliphatic carbocycles. The Bertz CT molecular complexity index is 467. The Morgan fingerprint density at radius 2 is 1.82 bits per heavy atom. The summed E-state index contributed by atoms with van der Waals surface area (Å²) in [5.74, 6) is 0.495. The second-order valence-corrected chi connectivity index (χ2v) is 5.78. The number of nitrogens with zero attached hydrogens (tertiary/aromatic N) is 2. The summed E-state index contributed by atoms with van der Waals surface area (Å²) in [6.07, 6.45) is -0.109. The van der Waals surface area contributed by atoms with Crippen LogP contribution in [-0.4, -0.2) is 68.3 Å². The third kappa shape index (κ3) is 5.00. The fourth-order valence-electron chi connectivity index (χ4n) is 2.54. The van der Waals surface area contributed by atoms with Gasteiger partial charge in [0, 0.05) is 32.7 Å². The highest BCUT2D eigenvalue weighted by atomic mass is 16.5. The third-order valence-electron chi connectivity index (χ3n) is 3.82. The van der Waals surface area contributed by atoms with Crippen LogP contribution < -0.4 is 4.74 Å². The maximum Gasteiger partial charge on any atom is 0.338 e. The molecule has 1 aromatic carbocycles. The van der Waals surface area contributed by atoms with E-state index in [1.165, 1.54) is 0 Å². The van der Waals surface area contributed by atoms with Crippen molar-refractivity contribution in [3.8, 4) is 5.75 Å². The van der Waals surface area contributed by atoms with Crippen LogP contribution in [0.4, 0.5) is 0 Å². The zero-order valence-electron chi connectivity index (χ0n) is 13.7. The van der Waals surface area contributed by atoms with Crippen molar-refractivity contribution in [2.45, 2.75) is 20.0 Å². The van der Waals surface area contributed by atoms with Crippen LogP contribution in [-0.2, 0) is 4.74 Å². The van der Waals surface area contributed by atoms with Gasteiger partial charge in [-0.05, 0) is 45.2 Å². The third-order valence-corrected chi connectivity index (χ3v) is 3.82. The van der Waals surface area contributed by atoms with Crippen molar-refractivity contribution in [2.24, 2.45) is 0 Å². The molecule has 0 spiro atoms. The normalized spacial score (nSPS) is 18.0. The number of esters is 1. The van der Waals surface area contributed by atoms with Crippen LogP contribution in [0, 0.1) is 0 Å². The van der Waals surface area contributed by atoms with Gasteiger partial charge >= 0.3 is 5.97 Å². The molecule has 5 heteroatoms. The fraction of sp³-hybridized carbons (Fsp3) is 0.588. The Balaban J connectivity index is 1.80. The van der Waals surface area contributed by atoms with E-state index in [-0.39, 0.29) is 12.1 Å². The molecular formula is C17H26N2O3. The summed E-state index contributed by atoms with van der Waals surface area (Å²) >= 11 is 0. The lowest BCUT2D eigenvalue weighted by Gasteiger charge is -2.33. The molecule has 1 heterocycles. The predicted molar refractivity (Wildman–Crippen MR) is 86.4 cm³/mol. The molecule has 0 saturated carbocycles. The molecule has 1 saturated heterocycles. The van der Waals surface area contributed by atoms with Crippen molar-refractivity contribution in [1.82, 2.24) is 9.80 Å². The van der Waals surface area contributed by atoms with Crippen LogP contribution >= 0.6 is 0 Å². The standard InChI is InChI=1S/C17H26N2O3/c1-4-21-16-7-5-15(6-8-16)17(20)22-14(2)13-19-11-9-18(3)10-12-19/h5-8,14H,4,9-13H2,1-3H3/t14-/m0/s1. The van der Waals surface area contributed by atoms with E-state index in [0.29, 0.717) is 12.2 Å². The summed E-state index contributed by atoms with van der Waals surface area (Å²) in [5, 5.41) is 0. The average molecular weight is 306 g/mol. The zero-order chi connectivity index (χ0) is 15.9. The van der Waals surface area contributed by atoms with E-state index in [1.54, 1.807) is 24.3 Å². The Kier molecular flexibility index (Phi) is 6.21. The smallest absolute Gasteiger partial charge is 0.338 e. The first-order valence-electron chi connectivity index (χ1n) is 7.93. The van der Waals surface area contributed by atoms with E-state index in [9.17, 15) is 4.79 Å².